The Morgan fingerprint density at radius 3 is 2.58 bits per heavy atom. The highest BCUT2D eigenvalue weighted by Gasteiger charge is 2.26. The predicted molar refractivity (Wildman–Crippen MR) is 99.7 cm³/mol. The van der Waals surface area contributed by atoms with Crippen LogP contribution >= 0.6 is 0 Å². The third-order valence-electron chi connectivity index (χ3n) is 4.92. The number of nitro groups is 1. The molecule has 1 aliphatic rings. The van der Waals surface area contributed by atoms with Crippen molar-refractivity contribution in [3.05, 3.63) is 69.3 Å². The van der Waals surface area contributed by atoms with Crippen molar-refractivity contribution < 1.29 is 9.72 Å². The van der Waals surface area contributed by atoms with E-state index in [1.165, 1.54) is 23.8 Å². The van der Waals surface area contributed by atoms with Gasteiger partial charge < -0.3 is 16.4 Å². The maximum Gasteiger partial charge on any atom is 0.270 e. The van der Waals surface area contributed by atoms with E-state index in [0.29, 0.717) is 25.6 Å². The van der Waals surface area contributed by atoms with Gasteiger partial charge in [-0.05, 0) is 36.0 Å². The number of carbonyl (C=O) groups is 1. The van der Waals surface area contributed by atoms with E-state index in [0.717, 1.165) is 18.4 Å². The number of carbonyl (C=O) groups excluding carboxylic acids is 1. The fraction of sp³-hybridized carbons (Fsp3) is 0.316. The van der Waals surface area contributed by atoms with E-state index in [4.69, 9.17) is 11.5 Å². The van der Waals surface area contributed by atoms with Crippen molar-refractivity contribution in [3.63, 3.8) is 0 Å². The molecule has 26 heavy (non-hydrogen) atoms. The Balaban J connectivity index is 1.70. The largest absolute Gasteiger partial charge is 0.398 e. The van der Waals surface area contributed by atoms with E-state index >= 15 is 0 Å². The molecule has 7 nitrogen and oxygen atoms in total. The van der Waals surface area contributed by atoms with E-state index in [1.54, 1.807) is 4.90 Å². The highest BCUT2D eigenvalue weighted by molar-refractivity contribution is 5.99. The summed E-state index contributed by atoms with van der Waals surface area (Å²) in [5, 5.41) is 10.9. The molecule has 1 fully saturated rings. The van der Waals surface area contributed by atoms with Crippen molar-refractivity contribution in [1.82, 2.24) is 4.90 Å². The number of piperidine rings is 1. The van der Waals surface area contributed by atoms with E-state index in [2.05, 4.69) is 12.1 Å². The van der Waals surface area contributed by atoms with Crippen LogP contribution in [0.5, 0.6) is 0 Å². The van der Waals surface area contributed by atoms with Gasteiger partial charge in [0, 0.05) is 37.5 Å². The van der Waals surface area contributed by atoms with Crippen LogP contribution in [0.2, 0.25) is 0 Å². The van der Waals surface area contributed by atoms with Gasteiger partial charge in [0.2, 0.25) is 0 Å². The van der Waals surface area contributed by atoms with Gasteiger partial charge in [0.25, 0.3) is 11.6 Å². The van der Waals surface area contributed by atoms with Crippen LogP contribution in [0.25, 0.3) is 0 Å². The van der Waals surface area contributed by atoms with E-state index in [9.17, 15) is 14.9 Å². The minimum Gasteiger partial charge on any atom is -0.398 e. The number of likely N-dealkylation sites (tertiary alicyclic amines) is 1. The molecule has 0 unspecified atom stereocenters. The van der Waals surface area contributed by atoms with Crippen molar-refractivity contribution in [2.24, 2.45) is 5.73 Å². The summed E-state index contributed by atoms with van der Waals surface area (Å²) in [4.78, 5) is 24.9. The molecule has 7 heteroatoms. The number of nitro benzene ring substituents is 1. The Labute approximate surface area is 151 Å². The summed E-state index contributed by atoms with van der Waals surface area (Å²) in [6.07, 6.45) is 1.68. The fourth-order valence-electron chi connectivity index (χ4n) is 3.40. The van der Waals surface area contributed by atoms with Crippen molar-refractivity contribution in [3.8, 4) is 0 Å². The molecule has 4 N–H and O–H groups in total. The molecule has 0 bridgehead atoms. The molecule has 2 aromatic rings. The maximum absolute atomic E-state index is 12.7. The summed E-state index contributed by atoms with van der Waals surface area (Å²) < 4.78 is 0. The van der Waals surface area contributed by atoms with Crippen LogP contribution in [-0.2, 0) is 6.54 Å². The number of nitrogens with two attached hydrogens (primary N) is 2. The summed E-state index contributed by atoms with van der Waals surface area (Å²) in [5.74, 6) is 0.133. The van der Waals surface area contributed by atoms with Crippen molar-refractivity contribution >= 4 is 17.3 Å². The smallest absolute Gasteiger partial charge is 0.270 e. The topological polar surface area (TPSA) is 115 Å². The number of hydrogen-bond acceptors (Lipinski definition) is 5. The zero-order valence-corrected chi connectivity index (χ0v) is 14.4. The van der Waals surface area contributed by atoms with E-state index in [1.807, 2.05) is 12.1 Å². The number of hydrogen-bond donors (Lipinski definition) is 2. The molecule has 0 spiro atoms. The van der Waals surface area contributed by atoms with Crippen molar-refractivity contribution in [2.75, 3.05) is 18.8 Å². The number of non-ortho nitro benzene ring substituents is 1. The van der Waals surface area contributed by atoms with E-state index < -0.39 is 4.92 Å². The third-order valence-corrected chi connectivity index (χ3v) is 4.92. The first-order valence-corrected chi connectivity index (χ1v) is 8.61. The standard InChI is InChI=1S/C19H22N4O3/c20-12-13-2-1-3-15(10-13)14-6-8-22(9-7-14)19(24)17-11-16(23(25)26)4-5-18(17)21/h1-5,10-11,14H,6-9,12,20-21H2. The third kappa shape index (κ3) is 3.67. The molecule has 1 heterocycles. The Bertz CT molecular complexity index is 829. The zero-order valence-electron chi connectivity index (χ0n) is 14.4. The molecule has 0 saturated carbocycles. The average molecular weight is 354 g/mol. The van der Waals surface area contributed by atoms with Gasteiger partial charge in [-0.3, -0.25) is 14.9 Å². The summed E-state index contributed by atoms with van der Waals surface area (Å²) in [5.41, 5.74) is 14.3. The monoisotopic (exact) mass is 354 g/mol. The summed E-state index contributed by atoms with van der Waals surface area (Å²) in [7, 11) is 0. The number of benzene rings is 2. The van der Waals surface area contributed by atoms with Crippen LogP contribution in [0.15, 0.2) is 42.5 Å². The van der Waals surface area contributed by atoms with Crippen LogP contribution in [0.4, 0.5) is 11.4 Å². The highest BCUT2D eigenvalue weighted by Crippen LogP contribution is 2.30. The maximum atomic E-state index is 12.7. The first-order valence-electron chi connectivity index (χ1n) is 8.61. The van der Waals surface area contributed by atoms with Gasteiger partial charge in [0.15, 0.2) is 0 Å². The zero-order chi connectivity index (χ0) is 18.7. The molecule has 1 aliphatic heterocycles. The SMILES string of the molecule is NCc1cccc(C2CCN(C(=O)c3cc([N+](=O)[O-])ccc3N)CC2)c1. The first-order chi connectivity index (χ1) is 12.5. The Kier molecular flexibility index (Phi) is 5.18. The lowest BCUT2D eigenvalue weighted by Crippen LogP contribution is -2.38. The van der Waals surface area contributed by atoms with Gasteiger partial charge >= 0.3 is 0 Å². The highest BCUT2D eigenvalue weighted by atomic mass is 16.6. The number of amides is 1. The second kappa shape index (κ2) is 7.53. The normalized spacial score (nSPS) is 15.0. The molecular weight excluding hydrogens is 332 g/mol. The van der Waals surface area contributed by atoms with Gasteiger partial charge in [0.1, 0.15) is 0 Å². The van der Waals surface area contributed by atoms with Crippen LogP contribution in [0.3, 0.4) is 0 Å². The Hall–Kier alpha value is -2.93. The summed E-state index contributed by atoms with van der Waals surface area (Å²) in [6, 6.07) is 12.2. The predicted octanol–water partition coefficient (Wildman–Crippen LogP) is 2.66. The Morgan fingerprint density at radius 2 is 1.92 bits per heavy atom. The lowest BCUT2D eigenvalue weighted by atomic mass is 9.88. The molecular formula is C19H22N4O3. The fourth-order valence-corrected chi connectivity index (χ4v) is 3.40. The second-order valence-corrected chi connectivity index (χ2v) is 6.54. The van der Waals surface area contributed by atoms with Gasteiger partial charge in [-0.2, -0.15) is 0 Å². The molecule has 2 aromatic carbocycles. The summed E-state index contributed by atoms with van der Waals surface area (Å²) in [6.45, 7) is 1.70. The van der Waals surface area contributed by atoms with Crippen LogP contribution in [0, 0.1) is 10.1 Å². The van der Waals surface area contributed by atoms with Gasteiger partial charge in [-0.25, -0.2) is 0 Å². The lowest BCUT2D eigenvalue weighted by Gasteiger charge is -2.32. The lowest BCUT2D eigenvalue weighted by molar-refractivity contribution is -0.384. The average Bonchev–Trinajstić information content (AvgIpc) is 2.68. The van der Waals surface area contributed by atoms with Crippen molar-refractivity contribution in [1.29, 1.82) is 0 Å². The quantitative estimate of drug-likeness (QED) is 0.497. The minimum atomic E-state index is -0.521. The van der Waals surface area contributed by atoms with Gasteiger partial charge in [-0.1, -0.05) is 24.3 Å². The van der Waals surface area contributed by atoms with Gasteiger partial charge in [-0.15, -0.1) is 0 Å². The number of anilines is 1. The van der Waals surface area contributed by atoms with Crippen LogP contribution < -0.4 is 11.5 Å². The van der Waals surface area contributed by atoms with Crippen molar-refractivity contribution in [2.45, 2.75) is 25.3 Å². The van der Waals surface area contributed by atoms with Gasteiger partial charge in [0.05, 0.1) is 10.5 Å². The molecule has 3 rings (SSSR count). The first kappa shape index (κ1) is 17.9. The van der Waals surface area contributed by atoms with Crippen LogP contribution in [0.1, 0.15) is 40.2 Å². The van der Waals surface area contributed by atoms with Crippen LogP contribution in [-0.4, -0.2) is 28.8 Å². The molecule has 136 valence electrons. The number of rotatable bonds is 4. The molecule has 0 aliphatic carbocycles. The van der Waals surface area contributed by atoms with E-state index in [-0.39, 0.29) is 22.8 Å². The number of nitrogens with zero attached hydrogens (tertiary/aromatic N) is 2. The molecule has 0 atom stereocenters. The minimum absolute atomic E-state index is 0.129. The summed E-state index contributed by atoms with van der Waals surface area (Å²) >= 11 is 0. The molecule has 0 radical (unpaired) electrons. The number of nitrogen functional groups attached to an aromatic ring is 1. The molecule has 1 amide bonds. The molecule has 1 saturated heterocycles. The Morgan fingerprint density at radius 1 is 1.19 bits per heavy atom. The second-order valence-electron chi connectivity index (χ2n) is 6.54. The molecule has 0 aromatic heterocycles.